The highest BCUT2D eigenvalue weighted by molar-refractivity contribution is 5.03. The number of H-pyrrole nitrogens is 1. The van der Waals surface area contributed by atoms with Gasteiger partial charge in [0.1, 0.15) is 0 Å². The summed E-state index contributed by atoms with van der Waals surface area (Å²) in [5, 5.41) is 0. The van der Waals surface area contributed by atoms with Crippen molar-refractivity contribution < 1.29 is 0 Å². The van der Waals surface area contributed by atoms with E-state index in [1.54, 1.807) is 0 Å². The maximum Gasteiger partial charge on any atom is 0.0147 e. The molecule has 0 atom stereocenters. The molecular weight excluding hydrogens is 266 g/mol. The minimum Gasteiger partial charge on any atom is -0.365 e. The number of rotatable bonds is 14. The lowest BCUT2D eigenvalue weighted by atomic mass is 10.1. The number of hydrogen-bond acceptors (Lipinski definition) is 0. The molecule has 124 valence electrons. The summed E-state index contributed by atoms with van der Waals surface area (Å²) in [7, 11) is 0. The third-order valence-electron chi connectivity index (χ3n) is 4.06. The normalized spacial score (nSPS) is 11.9. The molecule has 1 heterocycles. The van der Waals surface area contributed by atoms with E-state index in [0.29, 0.717) is 0 Å². The Labute approximate surface area is 137 Å². The largest absolute Gasteiger partial charge is 0.365 e. The molecule has 0 bridgehead atoms. The number of unbranched alkanes of at least 4 members (excludes halogenated alkanes) is 8. The Balaban J connectivity index is 1.79. The van der Waals surface area contributed by atoms with Gasteiger partial charge in [-0.05, 0) is 57.1 Å². The lowest BCUT2D eigenvalue weighted by Gasteiger charge is -1.99. The number of allylic oxidation sites excluding steroid dienone is 4. The van der Waals surface area contributed by atoms with Crippen molar-refractivity contribution in [2.24, 2.45) is 0 Å². The van der Waals surface area contributed by atoms with Crippen LogP contribution < -0.4 is 0 Å². The van der Waals surface area contributed by atoms with Crippen molar-refractivity contribution in [1.29, 1.82) is 0 Å². The molecule has 0 saturated heterocycles. The van der Waals surface area contributed by atoms with Crippen molar-refractivity contribution in [2.45, 2.75) is 84.0 Å². The fourth-order valence-electron chi connectivity index (χ4n) is 2.65. The molecule has 0 aliphatic rings. The predicted molar refractivity (Wildman–Crippen MR) is 99.2 cm³/mol. The first kappa shape index (κ1) is 18.8. The van der Waals surface area contributed by atoms with Gasteiger partial charge in [0.25, 0.3) is 0 Å². The second-order valence-corrected chi connectivity index (χ2v) is 6.18. The molecule has 0 saturated carbocycles. The molecule has 0 fully saturated rings. The van der Waals surface area contributed by atoms with Crippen molar-refractivity contribution in [2.75, 3.05) is 0 Å². The Kier molecular flexibility index (Phi) is 12.6. The van der Waals surface area contributed by atoms with Crippen molar-refractivity contribution in [3.05, 3.63) is 48.3 Å². The van der Waals surface area contributed by atoms with E-state index >= 15 is 0 Å². The molecule has 1 heteroatoms. The molecule has 22 heavy (non-hydrogen) atoms. The number of aromatic amines is 1. The van der Waals surface area contributed by atoms with Crippen LogP contribution in [-0.4, -0.2) is 4.98 Å². The zero-order chi connectivity index (χ0) is 15.7. The van der Waals surface area contributed by atoms with Crippen LogP contribution in [0.3, 0.4) is 0 Å². The van der Waals surface area contributed by atoms with Crippen LogP contribution in [0, 0.1) is 0 Å². The van der Waals surface area contributed by atoms with Crippen molar-refractivity contribution in [3.63, 3.8) is 0 Å². The standard InChI is InChI=1S/C21H35N/c1-2-3-4-5-6-7-8-9-10-11-12-13-14-15-16-18-21-19-17-20-22-21/h6-7,9-10,17,19-20,22H,2-5,8,11-16,18H2,1H3/b7-6-,10-9-. The molecule has 0 radical (unpaired) electrons. The van der Waals surface area contributed by atoms with Gasteiger partial charge in [0.05, 0.1) is 0 Å². The van der Waals surface area contributed by atoms with Gasteiger partial charge in [0.15, 0.2) is 0 Å². The van der Waals surface area contributed by atoms with E-state index in [1.165, 1.54) is 76.3 Å². The zero-order valence-electron chi connectivity index (χ0n) is 14.5. The third-order valence-corrected chi connectivity index (χ3v) is 4.06. The highest BCUT2D eigenvalue weighted by Crippen LogP contribution is 2.09. The number of aryl methyl sites for hydroxylation is 1. The summed E-state index contributed by atoms with van der Waals surface area (Å²) < 4.78 is 0. The fourth-order valence-corrected chi connectivity index (χ4v) is 2.65. The Morgan fingerprint density at radius 2 is 1.50 bits per heavy atom. The zero-order valence-corrected chi connectivity index (χ0v) is 14.5. The SMILES string of the molecule is CCCCC/C=C\C/C=C\CCCCCCCc1ccc[nH]1. The average molecular weight is 302 g/mol. The molecule has 1 aromatic heterocycles. The molecule has 0 aliphatic heterocycles. The van der Waals surface area contributed by atoms with Gasteiger partial charge in [-0.15, -0.1) is 0 Å². The van der Waals surface area contributed by atoms with Gasteiger partial charge in [-0.3, -0.25) is 0 Å². The summed E-state index contributed by atoms with van der Waals surface area (Å²) in [6.45, 7) is 2.26. The molecule has 0 amide bonds. The van der Waals surface area contributed by atoms with E-state index in [9.17, 15) is 0 Å². The first-order chi connectivity index (χ1) is 10.9. The van der Waals surface area contributed by atoms with Crippen molar-refractivity contribution >= 4 is 0 Å². The number of hydrogen-bond donors (Lipinski definition) is 1. The Morgan fingerprint density at radius 3 is 2.18 bits per heavy atom. The molecule has 1 aromatic rings. The van der Waals surface area contributed by atoms with Gasteiger partial charge in [-0.1, -0.05) is 63.3 Å². The van der Waals surface area contributed by atoms with Crippen LogP contribution in [-0.2, 0) is 6.42 Å². The fraction of sp³-hybridized carbons (Fsp3) is 0.619. The van der Waals surface area contributed by atoms with E-state index in [-0.39, 0.29) is 0 Å². The first-order valence-electron chi connectivity index (χ1n) is 9.35. The topological polar surface area (TPSA) is 15.8 Å². The molecule has 1 N–H and O–H groups in total. The third kappa shape index (κ3) is 11.4. The smallest absolute Gasteiger partial charge is 0.0147 e. The van der Waals surface area contributed by atoms with E-state index in [1.807, 2.05) is 6.20 Å². The second-order valence-electron chi connectivity index (χ2n) is 6.18. The molecule has 1 nitrogen and oxygen atoms in total. The highest BCUT2D eigenvalue weighted by atomic mass is 14.7. The van der Waals surface area contributed by atoms with Crippen LogP contribution in [0.1, 0.15) is 83.2 Å². The average Bonchev–Trinajstić information content (AvgIpc) is 3.04. The lowest BCUT2D eigenvalue weighted by Crippen LogP contribution is -1.85. The monoisotopic (exact) mass is 301 g/mol. The van der Waals surface area contributed by atoms with Crippen molar-refractivity contribution in [1.82, 2.24) is 4.98 Å². The van der Waals surface area contributed by atoms with Crippen LogP contribution in [0.2, 0.25) is 0 Å². The molecule has 0 unspecified atom stereocenters. The maximum atomic E-state index is 3.27. The van der Waals surface area contributed by atoms with Gasteiger partial charge >= 0.3 is 0 Å². The summed E-state index contributed by atoms with van der Waals surface area (Å²) >= 11 is 0. The summed E-state index contributed by atoms with van der Waals surface area (Å²) in [5.74, 6) is 0. The molecule has 0 aromatic carbocycles. The van der Waals surface area contributed by atoms with E-state index in [4.69, 9.17) is 0 Å². The van der Waals surface area contributed by atoms with Crippen LogP contribution in [0.15, 0.2) is 42.6 Å². The van der Waals surface area contributed by atoms with E-state index in [0.717, 1.165) is 6.42 Å². The Bertz CT molecular complexity index is 373. The second kappa shape index (κ2) is 14.7. The summed E-state index contributed by atoms with van der Waals surface area (Å²) in [4.78, 5) is 3.27. The maximum absolute atomic E-state index is 3.27. The van der Waals surface area contributed by atoms with Crippen LogP contribution in [0.5, 0.6) is 0 Å². The van der Waals surface area contributed by atoms with Gasteiger partial charge in [0.2, 0.25) is 0 Å². The van der Waals surface area contributed by atoms with Crippen LogP contribution in [0.25, 0.3) is 0 Å². The quantitative estimate of drug-likeness (QED) is 0.282. The van der Waals surface area contributed by atoms with Crippen LogP contribution in [0.4, 0.5) is 0 Å². The van der Waals surface area contributed by atoms with Gasteiger partial charge in [-0.2, -0.15) is 0 Å². The molecule has 1 rings (SSSR count). The first-order valence-corrected chi connectivity index (χ1v) is 9.35. The van der Waals surface area contributed by atoms with Gasteiger partial charge in [0, 0.05) is 11.9 Å². The van der Waals surface area contributed by atoms with Crippen molar-refractivity contribution in [3.8, 4) is 0 Å². The highest BCUT2D eigenvalue weighted by Gasteiger charge is 1.93. The minimum atomic E-state index is 1.11. The van der Waals surface area contributed by atoms with E-state index in [2.05, 4.69) is 48.3 Å². The van der Waals surface area contributed by atoms with E-state index < -0.39 is 0 Å². The predicted octanol–water partition coefficient (Wildman–Crippen LogP) is 6.98. The summed E-state index contributed by atoms with van der Waals surface area (Å²) in [5.41, 5.74) is 1.38. The molecule has 0 aliphatic carbocycles. The molecular formula is C21H35N. The Morgan fingerprint density at radius 1 is 0.818 bits per heavy atom. The molecule has 0 spiro atoms. The lowest BCUT2D eigenvalue weighted by molar-refractivity contribution is 0.615. The number of nitrogens with one attached hydrogen (secondary N) is 1. The van der Waals surface area contributed by atoms with Gasteiger partial charge < -0.3 is 4.98 Å². The number of aromatic nitrogens is 1. The Hall–Kier alpha value is -1.24. The summed E-state index contributed by atoms with van der Waals surface area (Å²) in [6, 6.07) is 4.27. The summed E-state index contributed by atoms with van der Waals surface area (Å²) in [6.07, 6.45) is 27.0. The van der Waals surface area contributed by atoms with Gasteiger partial charge in [-0.25, -0.2) is 0 Å². The minimum absolute atomic E-state index is 1.11. The van der Waals surface area contributed by atoms with Crippen LogP contribution >= 0.6 is 0 Å².